The number of hydrogen-bond donors (Lipinski definition) is 1. The molecule has 0 bridgehead atoms. The Morgan fingerprint density at radius 3 is 2.47 bits per heavy atom. The summed E-state index contributed by atoms with van der Waals surface area (Å²) >= 11 is 0. The van der Waals surface area contributed by atoms with Gasteiger partial charge in [-0.05, 0) is 43.7 Å². The van der Waals surface area contributed by atoms with Crippen LogP contribution in [0.15, 0.2) is 65.8 Å². The van der Waals surface area contributed by atoms with Gasteiger partial charge < -0.3 is 5.32 Å². The molecular formula is C21H23FN4O3S. The number of anilines is 1. The molecule has 1 aromatic heterocycles. The van der Waals surface area contributed by atoms with Crippen molar-refractivity contribution < 1.29 is 17.6 Å². The lowest BCUT2D eigenvalue weighted by Gasteiger charge is -2.25. The molecule has 0 spiro atoms. The number of benzene rings is 2. The molecule has 0 radical (unpaired) electrons. The van der Waals surface area contributed by atoms with E-state index in [1.165, 1.54) is 36.1 Å². The summed E-state index contributed by atoms with van der Waals surface area (Å²) in [7, 11) is -2.51. The third-order valence-corrected chi connectivity index (χ3v) is 6.25. The van der Waals surface area contributed by atoms with Gasteiger partial charge in [-0.15, -0.1) is 0 Å². The first kappa shape index (κ1) is 21.5. The second-order valence-electron chi connectivity index (χ2n) is 7.08. The molecule has 0 saturated heterocycles. The third kappa shape index (κ3) is 4.51. The van der Waals surface area contributed by atoms with E-state index in [4.69, 9.17) is 0 Å². The molecule has 0 aliphatic rings. The number of amides is 1. The van der Waals surface area contributed by atoms with Crippen LogP contribution in [0.4, 0.5) is 10.1 Å². The van der Waals surface area contributed by atoms with Gasteiger partial charge in [0.05, 0.1) is 24.0 Å². The minimum atomic E-state index is -4.04. The topological polar surface area (TPSA) is 84.3 Å². The van der Waals surface area contributed by atoms with Gasteiger partial charge in [-0.25, -0.2) is 4.39 Å². The molecule has 1 amide bonds. The third-order valence-electron chi connectivity index (χ3n) is 4.40. The van der Waals surface area contributed by atoms with E-state index in [2.05, 4.69) is 10.4 Å². The van der Waals surface area contributed by atoms with Crippen molar-refractivity contribution in [2.75, 3.05) is 4.31 Å². The summed E-state index contributed by atoms with van der Waals surface area (Å²) in [6.07, 6.45) is 1.39. The number of aromatic nitrogens is 2. The average molecular weight is 431 g/mol. The maximum atomic E-state index is 14.4. The highest BCUT2D eigenvalue weighted by atomic mass is 32.2. The molecule has 1 heterocycles. The van der Waals surface area contributed by atoms with Crippen LogP contribution in [0.2, 0.25) is 0 Å². The molecule has 3 rings (SSSR count). The molecule has 0 unspecified atom stereocenters. The molecule has 0 saturated carbocycles. The highest BCUT2D eigenvalue weighted by Gasteiger charge is 2.29. The Balaban J connectivity index is 2.11. The number of nitrogens with zero attached hydrogens (tertiary/aromatic N) is 3. The molecule has 7 nitrogen and oxygen atoms in total. The van der Waals surface area contributed by atoms with E-state index in [1.54, 1.807) is 38.1 Å². The number of carbonyl (C=O) groups is 1. The molecule has 3 aromatic rings. The number of aryl methyl sites for hydroxylation is 1. The first-order chi connectivity index (χ1) is 14.2. The molecule has 2 aromatic carbocycles. The first-order valence-corrected chi connectivity index (χ1v) is 10.8. The van der Waals surface area contributed by atoms with Crippen molar-refractivity contribution in [3.63, 3.8) is 0 Å². The number of carbonyl (C=O) groups excluding carboxylic acids is 1. The molecule has 0 atom stereocenters. The SMILES string of the molecule is CC(C)NC(=O)c1cc(N(Cc2ccccc2)S(=O)(=O)c2ccnn2C)ccc1F. The molecule has 158 valence electrons. The maximum absolute atomic E-state index is 14.4. The number of halogens is 1. The van der Waals surface area contributed by atoms with Crippen molar-refractivity contribution in [1.82, 2.24) is 15.1 Å². The molecule has 0 aliphatic carbocycles. The van der Waals surface area contributed by atoms with Crippen molar-refractivity contribution in [1.29, 1.82) is 0 Å². The fourth-order valence-corrected chi connectivity index (χ4v) is 4.52. The summed E-state index contributed by atoms with van der Waals surface area (Å²) in [5.41, 5.74) is 0.690. The van der Waals surface area contributed by atoms with Crippen molar-refractivity contribution in [2.45, 2.75) is 31.5 Å². The van der Waals surface area contributed by atoms with E-state index in [0.717, 1.165) is 15.9 Å². The fourth-order valence-electron chi connectivity index (χ4n) is 2.97. The molecular weight excluding hydrogens is 407 g/mol. The number of sulfonamides is 1. The Morgan fingerprint density at radius 1 is 1.17 bits per heavy atom. The fraction of sp³-hybridized carbons (Fsp3) is 0.238. The van der Waals surface area contributed by atoms with Gasteiger partial charge in [0.15, 0.2) is 5.03 Å². The Bertz CT molecular complexity index is 1140. The van der Waals surface area contributed by atoms with Gasteiger partial charge in [0.2, 0.25) is 0 Å². The van der Waals surface area contributed by atoms with E-state index < -0.39 is 21.7 Å². The van der Waals surface area contributed by atoms with Crippen molar-refractivity contribution in [3.8, 4) is 0 Å². The van der Waals surface area contributed by atoms with E-state index >= 15 is 0 Å². The van der Waals surface area contributed by atoms with Crippen LogP contribution < -0.4 is 9.62 Å². The smallest absolute Gasteiger partial charge is 0.281 e. The van der Waals surface area contributed by atoms with E-state index in [0.29, 0.717) is 0 Å². The van der Waals surface area contributed by atoms with Gasteiger partial charge in [-0.1, -0.05) is 30.3 Å². The summed E-state index contributed by atoms with van der Waals surface area (Å²) in [5, 5.41) is 6.56. The zero-order chi connectivity index (χ0) is 21.9. The highest BCUT2D eigenvalue weighted by Crippen LogP contribution is 2.27. The molecule has 1 N–H and O–H groups in total. The number of hydrogen-bond acceptors (Lipinski definition) is 4. The summed E-state index contributed by atoms with van der Waals surface area (Å²) in [4.78, 5) is 12.4. The highest BCUT2D eigenvalue weighted by molar-refractivity contribution is 7.92. The molecule has 0 fully saturated rings. The standard InChI is InChI=1S/C21H23FN4O3S/c1-15(2)24-21(27)18-13-17(9-10-19(18)22)26(14-16-7-5-4-6-8-16)30(28,29)20-11-12-23-25(20)3/h4-13,15H,14H2,1-3H3,(H,24,27). The minimum Gasteiger partial charge on any atom is -0.350 e. The van der Waals surface area contributed by atoms with Crippen LogP contribution in [0, 0.1) is 5.82 Å². The van der Waals surface area contributed by atoms with E-state index in [1.807, 2.05) is 6.07 Å². The lowest BCUT2D eigenvalue weighted by atomic mass is 10.1. The van der Waals surface area contributed by atoms with Crippen LogP contribution in [-0.4, -0.2) is 30.1 Å². The van der Waals surface area contributed by atoms with Crippen molar-refractivity contribution in [2.24, 2.45) is 7.05 Å². The van der Waals surface area contributed by atoms with Crippen LogP contribution in [0.25, 0.3) is 0 Å². The number of nitrogens with one attached hydrogen (secondary N) is 1. The van der Waals surface area contributed by atoms with Gasteiger partial charge >= 0.3 is 0 Å². The quantitative estimate of drug-likeness (QED) is 0.624. The average Bonchev–Trinajstić information content (AvgIpc) is 3.13. The van der Waals surface area contributed by atoms with Gasteiger partial charge in [0.1, 0.15) is 5.82 Å². The van der Waals surface area contributed by atoms with Gasteiger partial charge in [0.25, 0.3) is 15.9 Å². The second kappa shape index (κ2) is 8.66. The van der Waals surface area contributed by atoms with Crippen LogP contribution in [0.5, 0.6) is 0 Å². The minimum absolute atomic E-state index is 0.00518. The summed E-state index contributed by atoms with van der Waals surface area (Å²) in [6, 6.07) is 13.9. The maximum Gasteiger partial charge on any atom is 0.281 e. The van der Waals surface area contributed by atoms with Crippen molar-refractivity contribution in [3.05, 3.63) is 77.7 Å². The van der Waals surface area contributed by atoms with Crippen LogP contribution >= 0.6 is 0 Å². The van der Waals surface area contributed by atoms with Crippen molar-refractivity contribution >= 4 is 21.6 Å². The van der Waals surface area contributed by atoms with Crippen LogP contribution in [-0.2, 0) is 23.6 Å². The van der Waals surface area contributed by atoms with Gasteiger partial charge in [0, 0.05) is 13.1 Å². The Kier molecular flexibility index (Phi) is 6.21. The van der Waals surface area contributed by atoms with E-state index in [-0.39, 0.29) is 28.9 Å². The predicted octanol–water partition coefficient (Wildman–Crippen LogP) is 3.09. The van der Waals surface area contributed by atoms with Gasteiger partial charge in [-0.3, -0.25) is 13.8 Å². The zero-order valence-electron chi connectivity index (χ0n) is 16.9. The molecule has 9 heteroatoms. The van der Waals surface area contributed by atoms with Crippen LogP contribution in [0.3, 0.4) is 0 Å². The molecule has 0 aliphatic heterocycles. The Labute approximate surface area is 175 Å². The van der Waals surface area contributed by atoms with Crippen LogP contribution in [0.1, 0.15) is 29.8 Å². The molecule has 30 heavy (non-hydrogen) atoms. The lowest BCUT2D eigenvalue weighted by molar-refractivity contribution is 0.0939. The second-order valence-corrected chi connectivity index (χ2v) is 8.89. The normalized spacial score (nSPS) is 11.5. The summed E-state index contributed by atoms with van der Waals surface area (Å²) in [5.74, 6) is -1.34. The summed E-state index contributed by atoms with van der Waals surface area (Å²) < 4.78 is 43.6. The Morgan fingerprint density at radius 2 is 1.87 bits per heavy atom. The van der Waals surface area contributed by atoms with Gasteiger partial charge in [-0.2, -0.15) is 13.5 Å². The zero-order valence-corrected chi connectivity index (χ0v) is 17.7. The first-order valence-electron chi connectivity index (χ1n) is 9.35. The Hall–Kier alpha value is -3.20. The predicted molar refractivity (Wildman–Crippen MR) is 112 cm³/mol. The monoisotopic (exact) mass is 430 g/mol. The summed E-state index contributed by atoms with van der Waals surface area (Å²) in [6.45, 7) is 3.52. The number of rotatable bonds is 7. The lowest BCUT2D eigenvalue weighted by Crippen LogP contribution is -2.33. The van der Waals surface area contributed by atoms with E-state index in [9.17, 15) is 17.6 Å². The largest absolute Gasteiger partial charge is 0.350 e.